The van der Waals surface area contributed by atoms with Crippen LogP contribution in [0.15, 0.2) is 41.4 Å². The Hall–Kier alpha value is -1.50. The van der Waals surface area contributed by atoms with Crippen LogP contribution in [0.25, 0.3) is 0 Å². The van der Waals surface area contributed by atoms with Crippen molar-refractivity contribution in [2.45, 2.75) is 4.90 Å². The first-order valence-electron chi connectivity index (χ1n) is 5.41. The molecule has 1 aromatic heterocycles. The first-order chi connectivity index (χ1) is 9.44. The number of ether oxygens (including phenoxy) is 1. The van der Waals surface area contributed by atoms with Gasteiger partial charge in [-0.3, -0.25) is 4.72 Å². The molecule has 0 aliphatic rings. The lowest BCUT2D eigenvalue weighted by atomic mass is 10.3. The molecule has 1 aromatic carbocycles. The van der Waals surface area contributed by atoms with Crippen molar-refractivity contribution in [3.63, 3.8) is 0 Å². The predicted octanol–water partition coefficient (Wildman–Crippen LogP) is 3.20. The van der Waals surface area contributed by atoms with Crippen molar-refractivity contribution in [3.05, 3.63) is 46.6 Å². The van der Waals surface area contributed by atoms with E-state index < -0.39 is 10.0 Å². The second-order valence-electron chi connectivity index (χ2n) is 3.74. The summed E-state index contributed by atoms with van der Waals surface area (Å²) in [6, 6.07) is 7.28. The standard InChI is InChI=1S/C12H10Cl2N2O3S/c1-19-11-5-4-8(7-10(11)14)20(17,18)16-12-9(13)3-2-6-15-12/h2-7H,1H3,(H,15,16). The Labute approximate surface area is 126 Å². The Morgan fingerprint density at radius 1 is 1.20 bits per heavy atom. The van der Waals surface area contributed by atoms with E-state index in [0.717, 1.165) is 0 Å². The largest absolute Gasteiger partial charge is 0.495 e. The van der Waals surface area contributed by atoms with Gasteiger partial charge in [-0.1, -0.05) is 23.2 Å². The first-order valence-corrected chi connectivity index (χ1v) is 7.65. The molecule has 20 heavy (non-hydrogen) atoms. The quantitative estimate of drug-likeness (QED) is 0.933. The highest BCUT2D eigenvalue weighted by atomic mass is 35.5. The van der Waals surface area contributed by atoms with Gasteiger partial charge in [-0.25, -0.2) is 13.4 Å². The van der Waals surface area contributed by atoms with E-state index in [1.807, 2.05) is 0 Å². The molecule has 5 nitrogen and oxygen atoms in total. The average molecular weight is 333 g/mol. The highest BCUT2D eigenvalue weighted by Crippen LogP contribution is 2.28. The smallest absolute Gasteiger partial charge is 0.263 e. The molecule has 1 heterocycles. The van der Waals surface area contributed by atoms with Crippen LogP contribution in [0.5, 0.6) is 5.75 Å². The summed E-state index contributed by atoms with van der Waals surface area (Å²) in [4.78, 5) is 3.86. The van der Waals surface area contributed by atoms with Gasteiger partial charge in [-0.2, -0.15) is 0 Å². The molecule has 8 heteroatoms. The second-order valence-corrected chi connectivity index (χ2v) is 6.23. The summed E-state index contributed by atoms with van der Waals surface area (Å²) in [7, 11) is -2.37. The average Bonchev–Trinajstić information content (AvgIpc) is 2.41. The van der Waals surface area contributed by atoms with Gasteiger partial charge in [0.2, 0.25) is 0 Å². The number of pyridine rings is 1. The monoisotopic (exact) mass is 332 g/mol. The molecule has 0 atom stereocenters. The third kappa shape index (κ3) is 3.15. The van der Waals surface area contributed by atoms with Crippen LogP contribution in [0.2, 0.25) is 10.0 Å². The number of halogens is 2. The lowest BCUT2D eigenvalue weighted by Crippen LogP contribution is -2.14. The Morgan fingerprint density at radius 3 is 2.55 bits per heavy atom. The van der Waals surface area contributed by atoms with E-state index in [-0.39, 0.29) is 20.8 Å². The van der Waals surface area contributed by atoms with Crippen LogP contribution in [0.4, 0.5) is 5.82 Å². The molecule has 0 unspecified atom stereocenters. The molecule has 0 fully saturated rings. The van der Waals surface area contributed by atoms with Gasteiger partial charge in [0.15, 0.2) is 5.82 Å². The van der Waals surface area contributed by atoms with E-state index in [9.17, 15) is 8.42 Å². The number of nitrogens with zero attached hydrogens (tertiary/aromatic N) is 1. The fourth-order valence-corrected chi connectivity index (χ4v) is 3.06. The maximum absolute atomic E-state index is 12.2. The van der Waals surface area contributed by atoms with Crippen LogP contribution in [0, 0.1) is 0 Å². The van der Waals surface area contributed by atoms with Gasteiger partial charge in [-0.15, -0.1) is 0 Å². The lowest BCUT2D eigenvalue weighted by molar-refractivity contribution is 0.414. The van der Waals surface area contributed by atoms with Crippen LogP contribution < -0.4 is 9.46 Å². The number of hydrogen-bond donors (Lipinski definition) is 1. The van der Waals surface area contributed by atoms with E-state index in [2.05, 4.69) is 9.71 Å². The van der Waals surface area contributed by atoms with E-state index in [1.54, 1.807) is 6.07 Å². The number of benzene rings is 1. The lowest BCUT2D eigenvalue weighted by Gasteiger charge is -2.10. The van der Waals surface area contributed by atoms with Crippen molar-refractivity contribution in [3.8, 4) is 5.75 Å². The van der Waals surface area contributed by atoms with Crippen molar-refractivity contribution < 1.29 is 13.2 Å². The number of nitrogens with one attached hydrogen (secondary N) is 1. The minimum Gasteiger partial charge on any atom is -0.495 e. The van der Waals surface area contributed by atoms with Gasteiger partial charge >= 0.3 is 0 Å². The predicted molar refractivity (Wildman–Crippen MR) is 78.1 cm³/mol. The molecule has 0 aliphatic heterocycles. The number of methoxy groups -OCH3 is 1. The van der Waals surface area contributed by atoms with Gasteiger partial charge < -0.3 is 4.74 Å². The Morgan fingerprint density at radius 2 is 1.95 bits per heavy atom. The first kappa shape index (κ1) is 14.9. The van der Waals surface area contributed by atoms with E-state index in [0.29, 0.717) is 5.75 Å². The molecule has 0 saturated heterocycles. The van der Waals surface area contributed by atoms with Gasteiger partial charge in [0.25, 0.3) is 10.0 Å². The molecular weight excluding hydrogens is 323 g/mol. The number of hydrogen-bond acceptors (Lipinski definition) is 4. The van der Waals surface area contributed by atoms with Crippen molar-refractivity contribution >= 4 is 39.0 Å². The molecule has 0 aliphatic carbocycles. The van der Waals surface area contributed by atoms with E-state index in [1.165, 1.54) is 37.6 Å². The normalized spacial score (nSPS) is 11.2. The zero-order valence-corrected chi connectivity index (χ0v) is 12.6. The van der Waals surface area contributed by atoms with Crippen molar-refractivity contribution in [2.75, 3.05) is 11.8 Å². The summed E-state index contributed by atoms with van der Waals surface area (Å²) in [6.45, 7) is 0. The summed E-state index contributed by atoms with van der Waals surface area (Å²) < 4.78 is 31.7. The third-order valence-electron chi connectivity index (χ3n) is 2.42. The molecule has 1 N–H and O–H groups in total. The summed E-state index contributed by atoms with van der Waals surface area (Å²) in [6.07, 6.45) is 1.44. The van der Waals surface area contributed by atoms with Gasteiger partial charge in [0.1, 0.15) is 5.75 Å². The van der Waals surface area contributed by atoms with Crippen LogP contribution in [0.3, 0.4) is 0 Å². The SMILES string of the molecule is COc1ccc(S(=O)(=O)Nc2ncccc2Cl)cc1Cl. The van der Waals surface area contributed by atoms with Crippen LogP contribution in [-0.4, -0.2) is 20.5 Å². The molecule has 0 radical (unpaired) electrons. The van der Waals surface area contributed by atoms with Gasteiger partial charge in [0, 0.05) is 6.20 Å². The Bertz CT molecular complexity index is 735. The maximum atomic E-state index is 12.2. The minimum atomic E-state index is -3.82. The van der Waals surface area contributed by atoms with Crippen LogP contribution >= 0.6 is 23.2 Å². The minimum absolute atomic E-state index is 0.00924. The van der Waals surface area contributed by atoms with E-state index >= 15 is 0 Å². The summed E-state index contributed by atoms with van der Waals surface area (Å²) >= 11 is 11.8. The van der Waals surface area contributed by atoms with E-state index in [4.69, 9.17) is 27.9 Å². The number of rotatable bonds is 4. The van der Waals surface area contributed by atoms with Crippen LogP contribution in [0.1, 0.15) is 0 Å². The molecule has 0 spiro atoms. The van der Waals surface area contributed by atoms with Crippen molar-refractivity contribution in [1.82, 2.24) is 4.98 Å². The molecule has 106 valence electrons. The molecule has 2 rings (SSSR count). The van der Waals surface area contributed by atoms with Crippen molar-refractivity contribution in [1.29, 1.82) is 0 Å². The van der Waals surface area contributed by atoms with Crippen LogP contribution in [-0.2, 0) is 10.0 Å². The van der Waals surface area contributed by atoms with Gasteiger partial charge in [-0.05, 0) is 30.3 Å². The maximum Gasteiger partial charge on any atom is 0.263 e. The highest BCUT2D eigenvalue weighted by molar-refractivity contribution is 7.92. The Kier molecular flexibility index (Phi) is 4.37. The summed E-state index contributed by atoms with van der Waals surface area (Å²) in [5.74, 6) is 0.447. The van der Waals surface area contributed by atoms with Crippen molar-refractivity contribution in [2.24, 2.45) is 0 Å². The summed E-state index contributed by atoms with van der Waals surface area (Å²) in [5, 5.41) is 0.401. The zero-order valence-electron chi connectivity index (χ0n) is 10.3. The number of sulfonamides is 1. The fraction of sp³-hybridized carbons (Fsp3) is 0.0833. The molecule has 2 aromatic rings. The molecule has 0 amide bonds. The molecule has 0 bridgehead atoms. The topological polar surface area (TPSA) is 68.3 Å². The number of aromatic nitrogens is 1. The zero-order chi connectivity index (χ0) is 14.8. The summed E-state index contributed by atoms with van der Waals surface area (Å²) in [5.41, 5.74) is 0. The number of anilines is 1. The third-order valence-corrected chi connectivity index (χ3v) is 4.36. The highest BCUT2D eigenvalue weighted by Gasteiger charge is 2.18. The fourth-order valence-electron chi connectivity index (χ4n) is 1.46. The molecule has 0 saturated carbocycles. The second kappa shape index (κ2) is 5.87. The Balaban J connectivity index is 2.36. The van der Waals surface area contributed by atoms with Gasteiger partial charge in [0.05, 0.1) is 22.1 Å². The molecular formula is C12H10Cl2N2O3S.